The summed E-state index contributed by atoms with van der Waals surface area (Å²) < 4.78 is 5.38. The maximum Gasteiger partial charge on any atom is 0.343 e. The van der Waals surface area contributed by atoms with E-state index in [0.29, 0.717) is 27.8 Å². The predicted molar refractivity (Wildman–Crippen MR) is 460 cm³/mol. The van der Waals surface area contributed by atoms with Crippen LogP contribution in [-0.2, 0) is 16.1 Å². The second-order valence-corrected chi connectivity index (χ2v) is 32.8. The summed E-state index contributed by atoms with van der Waals surface area (Å²) in [5, 5.41) is 0. The highest BCUT2D eigenvalue weighted by atomic mass is 16.5. The van der Waals surface area contributed by atoms with E-state index in [1.807, 2.05) is 146 Å². The van der Waals surface area contributed by atoms with Crippen molar-refractivity contribution in [3.05, 3.63) is 414 Å². The van der Waals surface area contributed by atoms with Crippen molar-refractivity contribution in [1.29, 1.82) is 0 Å². The van der Waals surface area contributed by atoms with Crippen LogP contribution in [0.1, 0.15) is 228 Å². The number of Topliss-reactive ketones (excluding diaryl/α,β-unsaturated/α-hetero) is 9. The van der Waals surface area contributed by atoms with Crippen LogP contribution in [0.4, 0.5) is 0 Å². The van der Waals surface area contributed by atoms with Crippen LogP contribution in [0.15, 0.2) is 325 Å². The van der Waals surface area contributed by atoms with Gasteiger partial charge in [-0.2, -0.15) is 0 Å². The van der Waals surface area contributed by atoms with Crippen molar-refractivity contribution in [2.24, 2.45) is 21.7 Å². The fourth-order valence-electron chi connectivity index (χ4n) is 15.2. The van der Waals surface area contributed by atoms with Gasteiger partial charge in [-0.25, -0.2) is 4.79 Å². The third-order valence-corrected chi connectivity index (χ3v) is 22.4. The Morgan fingerprint density at radius 2 is 0.509 bits per heavy atom. The number of ether oxygens (including phenoxy) is 1. The molecule has 0 heterocycles. The molecule has 6 aliphatic carbocycles. The summed E-state index contributed by atoms with van der Waals surface area (Å²) >= 11 is 0. The molecule has 0 atom stereocenters. The molecule has 11 heteroatoms. The molecule has 0 unspecified atom stereocenters. The van der Waals surface area contributed by atoms with Crippen molar-refractivity contribution < 1.29 is 52.7 Å². The summed E-state index contributed by atoms with van der Waals surface area (Å²) in [5.41, 5.74) is 16.4. The lowest BCUT2D eigenvalue weighted by Gasteiger charge is -2.33. The lowest BCUT2D eigenvalue weighted by Crippen LogP contribution is -2.27. The number of fused-ring (bicyclic) bond motifs is 6. The van der Waals surface area contributed by atoms with E-state index in [9.17, 15) is 47.9 Å². The molecular formula is C105H90O11. The van der Waals surface area contributed by atoms with Gasteiger partial charge in [0.05, 0.1) is 5.57 Å². The molecule has 10 aromatic rings. The van der Waals surface area contributed by atoms with Crippen molar-refractivity contribution in [2.75, 3.05) is 0 Å². The minimum absolute atomic E-state index is 0.0222. The van der Waals surface area contributed by atoms with Crippen LogP contribution in [0.2, 0.25) is 0 Å². The zero-order chi connectivity index (χ0) is 82.7. The summed E-state index contributed by atoms with van der Waals surface area (Å²) in [7, 11) is 0. The number of hydrogen-bond donors (Lipinski definition) is 0. The number of rotatable bonds is 11. The molecule has 0 spiro atoms. The first-order valence-electron chi connectivity index (χ1n) is 39.2. The Labute approximate surface area is 678 Å². The minimum atomic E-state index is -0.796. The van der Waals surface area contributed by atoms with Crippen LogP contribution < -0.4 is 0 Å². The predicted octanol–water partition coefficient (Wildman–Crippen LogP) is 23.3. The Morgan fingerprint density at radius 3 is 0.819 bits per heavy atom. The van der Waals surface area contributed by atoms with E-state index < -0.39 is 23.3 Å². The standard InChI is InChI=1S/C30H32O2.C28H28O2.C24H16O4.C23H14O3/c1-7-29(3,4)25-17-23(19-13-9-11-15-21(19)27(25)31)24-18-26(30(5,6)8-2)28(32)22-16-12-10-14-20(22)24;1-27(2,3)23-15-21(17-11-7-9-13-19(17)25(23)29)22-16-24(28(4,5)6)26(30)20-14-10-8-12-18(20)22;25-22-18-13-7-8-14-19(18)23(26)21(20(22)17-11-5-2-6-12-17)24(27)28-15-16-9-3-1-4-10-16;24-21(16-11-5-2-6-12-16)20-19(15-9-3-1-4-10-15)22(25)17-13-7-8-14-18(17)23(20)26/h9-18H,7-8H2,1-6H3;7-16H,1-6H3;1-14H,15H2;1-14H/b24-23+;22-21+;;. The number of esters is 1. The number of hydrogen-bond acceptors (Lipinski definition) is 11. The van der Waals surface area contributed by atoms with Crippen LogP contribution in [0, 0.1) is 21.7 Å². The first-order valence-corrected chi connectivity index (χ1v) is 39.2. The lowest BCUT2D eigenvalue weighted by molar-refractivity contribution is -0.139. The Bertz CT molecular complexity index is 5830. The maximum atomic E-state index is 13.5. The van der Waals surface area contributed by atoms with Crippen molar-refractivity contribution in [2.45, 2.75) is 103 Å². The third-order valence-electron chi connectivity index (χ3n) is 22.4. The second-order valence-electron chi connectivity index (χ2n) is 32.8. The summed E-state index contributed by atoms with van der Waals surface area (Å²) in [6.45, 7) is 25.2. The monoisotopic (exact) mass is 1530 g/mol. The molecule has 0 radical (unpaired) electrons. The number of carbonyl (C=O) groups is 10. The van der Waals surface area contributed by atoms with Gasteiger partial charge in [-0.3, -0.25) is 43.2 Å². The molecule has 0 bridgehead atoms. The van der Waals surface area contributed by atoms with E-state index in [1.165, 1.54) is 0 Å². The molecule has 16 rings (SSSR count). The average Bonchev–Trinajstić information content (AvgIpc) is 0.750. The Hall–Kier alpha value is -13.4. The molecule has 0 aliphatic heterocycles. The largest absolute Gasteiger partial charge is 0.457 e. The molecule has 0 amide bonds. The molecule has 0 saturated heterocycles. The quantitative estimate of drug-likeness (QED) is 0.0683. The van der Waals surface area contributed by atoms with Crippen molar-refractivity contribution in [1.82, 2.24) is 0 Å². The highest BCUT2D eigenvalue weighted by Crippen LogP contribution is 2.49. The normalized spacial score (nSPS) is 16.3. The number of ketones is 9. The van der Waals surface area contributed by atoms with E-state index in [1.54, 1.807) is 133 Å². The molecule has 0 saturated carbocycles. The fourth-order valence-corrected chi connectivity index (χ4v) is 15.2. The lowest BCUT2D eigenvalue weighted by atomic mass is 9.69. The van der Waals surface area contributed by atoms with E-state index in [4.69, 9.17) is 4.74 Å². The molecule has 0 N–H and O–H groups in total. The Kier molecular flexibility index (Phi) is 22.9. The molecule has 11 nitrogen and oxygen atoms in total. The number of benzene rings is 10. The molecule has 6 aliphatic rings. The van der Waals surface area contributed by atoms with Crippen molar-refractivity contribution in [3.8, 4) is 0 Å². The van der Waals surface area contributed by atoms with Gasteiger partial charge in [-0.15, -0.1) is 0 Å². The van der Waals surface area contributed by atoms with E-state index in [0.717, 1.165) is 107 Å². The summed E-state index contributed by atoms with van der Waals surface area (Å²) in [6.07, 6.45) is 10.0. The molecule has 0 aromatic heterocycles. The van der Waals surface area contributed by atoms with Crippen LogP contribution in [-0.4, -0.2) is 58.0 Å². The first kappa shape index (κ1) is 80.7. The van der Waals surface area contributed by atoms with Crippen LogP contribution >= 0.6 is 0 Å². The fraction of sp³-hybridized carbons (Fsp3) is 0.181. The van der Waals surface area contributed by atoms with Gasteiger partial charge in [0.2, 0.25) is 5.78 Å². The van der Waals surface area contributed by atoms with Crippen molar-refractivity contribution in [3.63, 3.8) is 0 Å². The highest BCUT2D eigenvalue weighted by molar-refractivity contribution is 6.49. The minimum Gasteiger partial charge on any atom is -0.457 e. The molecule has 10 aromatic carbocycles. The van der Waals surface area contributed by atoms with Gasteiger partial charge in [-0.05, 0) is 120 Å². The number of carbonyl (C=O) groups excluding carboxylic acids is 10. The van der Waals surface area contributed by atoms with E-state index in [2.05, 4.69) is 95.2 Å². The molecule has 576 valence electrons. The van der Waals surface area contributed by atoms with Gasteiger partial charge < -0.3 is 4.74 Å². The summed E-state index contributed by atoms with van der Waals surface area (Å²) in [6, 6.07) is 79.9. The van der Waals surface area contributed by atoms with Gasteiger partial charge in [0, 0.05) is 83.5 Å². The molecule has 0 fully saturated rings. The SMILES string of the molecule is CC(C)(C)C1=C/C(=C2/C=C(C(C)(C)C)C(=O)c3ccccc32)c2ccccc2C1=O.CCC(C)(C)C1=C/C(=C2/C=C(C(C)(C)CC)C(=O)c3ccccc32)c2ccccc2C1=O.O=C(C1=C(c2ccccc2)C(=O)c2ccccc2C1=O)c1ccccc1.O=C(OCc1ccccc1)C1=C(c2ccccc2)C(=O)c2ccccc2C1=O. The van der Waals surface area contributed by atoms with E-state index in [-0.39, 0.29) is 96.4 Å². The van der Waals surface area contributed by atoms with Gasteiger partial charge in [0.15, 0.2) is 46.3 Å². The van der Waals surface area contributed by atoms with Gasteiger partial charge in [-0.1, -0.05) is 350 Å². The number of allylic oxidation sites excluding steroid dienone is 15. The first-order chi connectivity index (χ1) is 55.5. The van der Waals surface area contributed by atoms with E-state index >= 15 is 0 Å². The third kappa shape index (κ3) is 15.8. The Balaban J connectivity index is 0.000000135. The topological polar surface area (TPSA) is 180 Å². The van der Waals surface area contributed by atoms with Gasteiger partial charge in [0.1, 0.15) is 12.2 Å². The maximum absolute atomic E-state index is 13.5. The molecule has 116 heavy (non-hydrogen) atoms. The second kappa shape index (κ2) is 33.0. The Morgan fingerprint density at radius 1 is 0.267 bits per heavy atom. The average molecular weight is 1530 g/mol. The smallest absolute Gasteiger partial charge is 0.343 e. The van der Waals surface area contributed by atoms with Crippen LogP contribution in [0.25, 0.3) is 33.4 Å². The van der Waals surface area contributed by atoms with Crippen molar-refractivity contribution >= 4 is 91.5 Å². The zero-order valence-corrected chi connectivity index (χ0v) is 67.3. The van der Waals surface area contributed by atoms with Crippen LogP contribution in [0.3, 0.4) is 0 Å². The zero-order valence-electron chi connectivity index (χ0n) is 67.3. The molecular weight excluding hydrogens is 1440 g/mol. The summed E-state index contributed by atoms with van der Waals surface area (Å²) in [4.78, 5) is 132. The summed E-state index contributed by atoms with van der Waals surface area (Å²) in [5.74, 6) is -2.40. The van der Waals surface area contributed by atoms with Gasteiger partial charge >= 0.3 is 5.97 Å². The highest BCUT2D eigenvalue weighted by Gasteiger charge is 2.42. The van der Waals surface area contributed by atoms with Gasteiger partial charge in [0.25, 0.3) is 0 Å². The van der Waals surface area contributed by atoms with Crippen LogP contribution in [0.5, 0.6) is 0 Å².